The molecule has 2 aromatic rings. The van der Waals surface area contributed by atoms with E-state index >= 15 is 0 Å². The Bertz CT molecular complexity index is 609. The normalized spacial score (nSPS) is 12.2. The minimum Gasteiger partial charge on any atom is -0.363 e. The quantitative estimate of drug-likeness (QED) is 0.639. The number of benzene rings is 1. The molecule has 1 aromatic carbocycles. The molecule has 3 N–H and O–H groups in total. The SMILES string of the molecule is Cc1nn(C)c(NCC(N)c2ccccc2)c1[N+](=O)[O-]. The van der Waals surface area contributed by atoms with Gasteiger partial charge in [-0.1, -0.05) is 30.3 Å². The number of nitrogens with one attached hydrogen (secondary N) is 1. The minimum atomic E-state index is -0.432. The summed E-state index contributed by atoms with van der Waals surface area (Å²) < 4.78 is 1.46. The Morgan fingerprint density at radius 1 is 1.45 bits per heavy atom. The van der Waals surface area contributed by atoms with E-state index in [1.165, 1.54) is 4.68 Å². The largest absolute Gasteiger partial charge is 0.363 e. The lowest BCUT2D eigenvalue weighted by Gasteiger charge is -2.13. The second kappa shape index (κ2) is 5.70. The molecule has 1 atom stereocenters. The maximum absolute atomic E-state index is 11.1. The molecule has 0 aliphatic rings. The number of nitrogens with two attached hydrogens (primary N) is 1. The van der Waals surface area contributed by atoms with Gasteiger partial charge in [0.05, 0.1) is 4.92 Å². The highest BCUT2D eigenvalue weighted by Crippen LogP contribution is 2.27. The topological polar surface area (TPSA) is 99.0 Å². The standard InChI is InChI=1S/C13H17N5O2/c1-9-12(18(19)20)13(17(2)16-9)15-8-11(14)10-6-4-3-5-7-10/h3-7,11,15H,8,14H2,1-2H3. The van der Waals surface area contributed by atoms with E-state index in [1.54, 1.807) is 14.0 Å². The van der Waals surface area contributed by atoms with Gasteiger partial charge in [0.15, 0.2) is 0 Å². The van der Waals surface area contributed by atoms with Crippen LogP contribution in [0.25, 0.3) is 0 Å². The third-order valence-corrected chi connectivity index (χ3v) is 3.09. The van der Waals surface area contributed by atoms with Gasteiger partial charge in [-0.2, -0.15) is 5.10 Å². The van der Waals surface area contributed by atoms with E-state index in [0.29, 0.717) is 18.1 Å². The zero-order valence-electron chi connectivity index (χ0n) is 11.4. The lowest BCUT2D eigenvalue weighted by Crippen LogP contribution is -2.21. The lowest BCUT2D eigenvalue weighted by molar-refractivity contribution is -0.384. The van der Waals surface area contributed by atoms with E-state index in [4.69, 9.17) is 5.73 Å². The molecule has 0 fully saturated rings. The van der Waals surface area contributed by atoms with E-state index in [1.807, 2.05) is 30.3 Å². The Kier molecular flexibility index (Phi) is 3.99. The van der Waals surface area contributed by atoms with Crippen LogP contribution in [-0.2, 0) is 7.05 Å². The van der Waals surface area contributed by atoms with Gasteiger partial charge in [0.25, 0.3) is 0 Å². The van der Waals surface area contributed by atoms with E-state index in [9.17, 15) is 10.1 Å². The summed E-state index contributed by atoms with van der Waals surface area (Å²) in [5.74, 6) is 0.374. The van der Waals surface area contributed by atoms with Crippen molar-refractivity contribution in [2.75, 3.05) is 11.9 Å². The fourth-order valence-electron chi connectivity index (χ4n) is 2.09. The number of nitrogens with zero attached hydrogens (tertiary/aromatic N) is 3. The van der Waals surface area contributed by atoms with Crippen molar-refractivity contribution in [2.24, 2.45) is 12.8 Å². The van der Waals surface area contributed by atoms with Gasteiger partial charge in [0.2, 0.25) is 5.82 Å². The van der Waals surface area contributed by atoms with Crippen molar-refractivity contribution in [1.29, 1.82) is 0 Å². The van der Waals surface area contributed by atoms with Crippen molar-refractivity contribution in [3.8, 4) is 0 Å². The van der Waals surface area contributed by atoms with Crippen LogP contribution >= 0.6 is 0 Å². The van der Waals surface area contributed by atoms with Gasteiger partial charge in [0.1, 0.15) is 5.69 Å². The molecule has 2 rings (SSSR count). The molecule has 0 aliphatic carbocycles. The molecule has 1 heterocycles. The first-order valence-corrected chi connectivity index (χ1v) is 6.23. The first-order chi connectivity index (χ1) is 9.50. The Morgan fingerprint density at radius 2 is 2.10 bits per heavy atom. The molecular formula is C13H17N5O2. The van der Waals surface area contributed by atoms with Crippen LogP contribution in [0, 0.1) is 17.0 Å². The molecule has 0 amide bonds. The van der Waals surface area contributed by atoms with Crippen LogP contribution in [0.3, 0.4) is 0 Å². The van der Waals surface area contributed by atoms with Crippen molar-refractivity contribution in [3.05, 3.63) is 51.7 Å². The summed E-state index contributed by atoms with van der Waals surface area (Å²) in [6, 6.07) is 9.34. The van der Waals surface area contributed by atoms with Gasteiger partial charge in [-0.25, -0.2) is 4.68 Å². The van der Waals surface area contributed by atoms with Crippen LogP contribution in [0.5, 0.6) is 0 Å². The Labute approximate surface area is 116 Å². The Balaban J connectivity index is 2.14. The van der Waals surface area contributed by atoms with Gasteiger partial charge in [0, 0.05) is 19.6 Å². The first kappa shape index (κ1) is 14.0. The van der Waals surface area contributed by atoms with Gasteiger partial charge >= 0.3 is 5.69 Å². The third-order valence-electron chi connectivity index (χ3n) is 3.09. The molecule has 0 aliphatic heterocycles. The number of hydrogen-bond acceptors (Lipinski definition) is 5. The summed E-state index contributed by atoms with van der Waals surface area (Å²) >= 11 is 0. The lowest BCUT2D eigenvalue weighted by atomic mass is 10.1. The molecule has 106 valence electrons. The summed E-state index contributed by atoms with van der Waals surface area (Å²) in [5, 5.41) is 18.1. The highest BCUT2D eigenvalue weighted by molar-refractivity contribution is 5.59. The average molecular weight is 275 g/mol. The van der Waals surface area contributed by atoms with Gasteiger partial charge < -0.3 is 11.1 Å². The number of aryl methyl sites for hydroxylation is 2. The Morgan fingerprint density at radius 3 is 2.70 bits per heavy atom. The molecule has 0 spiro atoms. The number of anilines is 1. The molecule has 7 heteroatoms. The highest BCUT2D eigenvalue weighted by atomic mass is 16.6. The smallest absolute Gasteiger partial charge is 0.333 e. The van der Waals surface area contributed by atoms with Crippen LogP contribution in [0.1, 0.15) is 17.3 Å². The van der Waals surface area contributed by atoms with Crippen molar-refractivity contribution in [1.82, 2.24) is 9.78 Å². The number of aromatic nitrogens is 2. The van der Waals surface area contributed by atoms with E-state index in [-0.39, 0.29) is 11.7 Å². The van der Waals surface area contributed by atoms with Crippen LogP contribution in [-0.4, -0.2) is 21.2 Å². The molecule has 20 heavy (non-hydrogen) atoms. The molecule has 0 radical (unpaired) electrons. The van der Waals surface area contributed by atoms with Crippen LogP contribution in [0.2, 0.25) is 0 Å². The van der Waals surface area contributed by atoms with Gasteiger partial charge in [-0.05, 0) is 12.5 Å². The zero-order valence-corrected chi connectivity index (χ0v) is 11.4. The molecule has 1 unspecified atom stereocenters. The minimum absolute atomic E-state index is 0.00670. The molecule has 0 saturated heterocycles. The summed E-state index contributed by atoms with van der Waals surface area (Å²) in [5.41, 5.74) is 7.41. The van der Waals surface area contributed by atoms with Crippen molar-refractivity contribution in [3.63, 3.8) is 0 Å². The number of rotatable bonds is 5. The van der Waals surface area contributed by atoms with Crippen LogP contribution < -0.4 is 11.1 Å². The molecule has 0 bridgehead atoms. The summed E-state index contributed by atoms with van der Waals surface area (Å²) in [7, 11) is 1.66. The fourth-order valence-corrected chi connectivity index (χ4v) is 2.09. The van der Waals surface area contributed by atoms with Crippen LogP contribution in [0.4, 0.5) is 11.5 Å². The third kappa shape index (κ3) is 2.77. The summed E-state index contributed by atoms with van der Waals surface area (Å²) in [6.07, 6.45) is 0. The predicted molar refractivity (Wildman–Crippen MR) is 76.5 cm³/mol. The monoisotopic (exact) mass is 275 g/mol. The van der Waals surface area contributed by atoms with Gasteiger partial charge in [-0.3, -0.25) is 10.1 Å². The maximum Gasteiger partial charge on any atom is 0.333 e. The van der Waals surface area contributed by atoms with Crippen LogP contribution in [0.15, 0.2) is 30.3 Å². The first-order valence-electron chi connectivity index (χ1n) is 6.23. The van der Waals surface area contributed by atoms with Crippen molar-refractivity contribution in [2.45, 2.75) is 13.0 Å². The summed E-state index contributed by atoms with van der Waals surface area (Å²) in [4.78, 5) is 10.6. The Hall–Kier alpha value is -2.41. The van der Waals surface area contributed by atoms with E-state index < -0.39 is 4.92 Å². The zero-order chi connectivity index (χ0) is 14.7. The fraction of sp³-hybridized carbons (Fsp3) is 0.308. The molecule has 0 saturated carbocycles. The molecule has 1 aromatic heterocycles. The maximum atomic E-state index is 11.1. The second-order valence-electron chi connectivity index (χ2n) is 4.56. The second-order valence-corrected chi connectivity index (χ2v) is 4.56. The van der Waals surface area contributed by atoms with Crippen molar-refractivity contribution < 1.29 is 4.92 Å². The average Bonchev–Trinajstić information content (AvgIpc) is 2.71. The predicted octanol–water partition coefficient (Wildman–Crippen LogP) is 1.75. The van der Waals surface area contributed by atoms with Crippen molar-refractivity contribution >= 4 is 11.5 Å². The van der Waals surface area contributed by atoms with E-state index in [0.717, 1.165) is 5.56 Å². The molecule has 7 nitrogen and oxygen atoms in total. The molecular weight excluding hydrogens is 258 g/mol. The van der Waals surface area contributed by atoms with Gasteiger partial charge in [-0.15, -0.1) is 0 Å². The highest BCUT2D eigenvalue weighted by Gasteiger charge is 2.24. The summed E-state index contributed by atoms with van der Waals surface area (Å²) in [6.45, 7) is 2.00. The number of nitro groups is 1. The number of hydrogen-bond donors (Lipinski definition) is 2. The van der Waals surface area contributed by atoms with E-state index in [2.05, 4.69) is 10.4 Å².